The molecule has 2 rings (SSSR count). The molecule has 0 aromatic heterocycles. The highest BCUT2D eigenvalue weighted by atomic mass is 35.5. The van der Waals surface area contributed by atoms with Gasteiger partial charge in [-0.1, -0.05) is 51.4 Å². The summed E-state index contributed by atoms with van der Waals surface area (Å²) >= 11 is 5.83. The van der Waals surface area contributed by atoms with Gasteiger partial charge in [0.15, 0.2) is 5.90 Å². The molecule has 0 bridgehead atoms. The van der Waals surface area contributed by atoms with Gasteiger partial charge in [0.2, 0.25) is 0 Å². The molecule has 0 spiro atoms. The molecule has 1 heterocycles. The second-order valence-electron chi connectivity index (χ2n) is 4.00. The number of nitrogens with zero attached hydrogens (tertiary/aromatic N) is 1. The molecule has 0 fully saturated rings. The van der Waals surface area contributed by atoms with Gasteiger partial charge in [-0.2, -0.15) is 0 Å². The largest absolute Gasteiger partial charge is 0.478 e. The summed E-state index contributed by atoms with van der Waals surface area (Å²) in [6, 6.07) is 7.92. The summed E-state index contributed by atoms with van der Waals surface area (Å²) in [7, 11) is 0. The standard InChI is InChI=1S/C12H14ClNO.C2H6/c1-8(2)12-14-11(7-15-12)9-3-5-10(13)6-4-9;1-2/h3-6,8,11H,7H2,1-2H3;1-2H3. The SMILES string of the molecule is CC.CC(C)C1=NC(c2ccc(Cl)cc2)CO1. The maximum absolute atomic E-state index is 5.83. The van der Waals surface area contributed by atoms with Crippen LogP contribution in [0.25, 0.3) is 0 Å². The van der Waals surface area contributed by atoms with E-state index in [0.29, 0.717) is 12.5 Å². The molecule has 1 unspecified atom stereocenters. The van der Waals surface area contributed by atoms with Gasteiger partial charge in [-0.3, -0.25) is 0 Å². The molecule has 1 aromatic rings. The predicted molar refractivity (Wildman–Crippen MR) is 73.8 cm³/mol. The van der Waals surface area contributed by atoms with E-state index in [2.05, 4.69) is 18.8 Å². The summed E-state index contributed by atoms with van der Waals surface area (Å²) in [6.07, 6.45) is 0. The van der Waals surface area contributed by atoms with Crippen molar-refractivity contribution in [2.24, 2.45) is 10.9 Å². The lowest BCUT2D eigenvalue weighted by atomic mass is 10.1. The summed E-state index contributed by atoms with van der Waals surface area (Å²) in [5.74, 6) is 1.22. The molecule has 0 radical (unpaired) electrons. The molecular weight excluding hydrogens is 234 g/mol. The average Bonchev–Trinajstić information content (AvgIpc) is 2.82. The summed E-state index contributed by atoms with van der Waals surface area (Å²) in [5.41, 5.74) is 1.16. The number of hydrogen-bond donors (Lipinski definition) is 0. The van der Waals surface area contributed by atoms with Crippen molar-refractivity contribution in [2.75, 3.05) is 6.61 Å². The van der Waals surface area contributed by atoms with Crippen LogP contribution < -0.4 is 0 Å². The molecule has 0 saturated carbocycles. The molecule has 0 saturated heterocycles. The van der Waals surface area contributed by atoms with Crippen LogP contribution in [0.1, 0.15) is 39.3 Å². The van der Waals surface area contributed by atoms with E-state index in [1.165, 1.54) is 0 Å². The Morgan fingerprint density at radius 3 is 2.29 bits per heavy atom. The number of ether oxygens (including phenoxy) is 1. The van der Waals surface area contributed by atoms with Crippen LogP contribution in [0.5, 0.6) is 0 Å². The molecule has 2 nitrogen and oxygen atoms in total. The van der Waals surface area contributed by atoms with Crippen LogP contribution in [-0.4, -0.2) is 12.5 Å². The first kappa shape index (κ1) is 14.0. The van der Waals surface area contributed by atoms with Crippen molar-refractivity contribution in [3.8, 4) is 0 Å². The smallest absolute Gasteiger partial charge is 0.186 e. The van der Waals surface area contributed by atoms with E-state index in [0.717, 1.165) is 16.5 Å². The molecule has 0 N–H and O–H groups in total. The molecule has 0 aliphatic carbocycles. The van der Waals surface area contributed by atoms with E-state index in [9.17, 15) is 0 Å². The third-order valence-corrected chi connectivity index (χ3v) is 2.67. The maximum Gasteiger partial charge on any atom is 0.186 e. The quantitative estimate of drug-likeness (QED) is 0.761. The van der Waals surface area contributed by atoms with Gasteiger partial charge in [0, 0.05) is 10.9 Å². The van der Waals surface area contributed by atoms with E-state index in [1.54, 1.807) is 0 Å². The topological polar surface area (TPSA) is 21.6 Å². The van der Waals surface area contributed by atoms with Gasteiger partial charge in [-0.15, -0.1) is 0 Å². The molecule has 3 heteroatoms. The molecule has 0 amide bonds. The molecule has 17 heavy (non-hydrogen) atoms. The highest BCUT2D eigenvalue weighted by Crippen LogP contribution is 2.25. The lowest BCUT2D eigenvalue weighted by Gasteiger charge is -2.04. The van der Waals surface area contributed by atoms with Crippen LogP contribution in [-0.2, 0) is 4.74 Å². The zero-order valence-electron chi connectivity index (χ0n) is 10.9. The molecule has 94 valence electrons. The summed E-state index contributed by atoms with van der Waals surface area (Å²) < 4.78 is 5.53. The normalized spacial score (nSPS) is 18.2. The lowest BCUT2D eigenvalue weighted by Crippen LogP contribution is -2.06. The first-order valence-electron chi connectivity index (χ1n) is 6.13. The number of hydrogen-bond acceptors (Lipinski definition) is 2. The number of aliphatic imine (C=N–C) groups is 1. The lowest BCUT2D eigenvalue weighted by molar-refractivity contribution is 0.303. The fraction of sp³-hybridized carbons (Fsp3) is 0.500. The van der Waals surface area contributed by atoms with Crippen molar-refractivity contribution in [2.45, 2.75) is 33.7 Å². The van der Waals surface area contributed by atoms with Crippen LogP contribution in [0.4, 0.5) is 0 Å². The van der Waals surface area contributed by atoms with Crippen LogP contribution >= 0.6 is 11.6 Å². The Labute approximate surface area is 109 Å². The first-order chi connectivity index (χ1) is 8.16. The minimum absolute atomic E-state index is 0.139. The van der Waals surface area contributed by atoms with Crippen molar-refractivity contribution in [3.05, 3.63) is 34.9 Å². The third-order valence-electron chi connectivity index (χ3n) is 2.42. The van der Waals surface area contributed by atoms with Gasteiger partial charge in [0.1, 0.15) is 12.6 Å². The monoisotopic (exact) mass is 253 g/mol. The van der Waals surface area contributed by atoms with Crippen molar-refractivity contribution in [3.63, 3.8) is 0 Å². The second kappa shape index (κ2) is 6.65. The fourth-order valence-corrected chi connectivity index (χ4v) is 1.69. The minimum atomic E-state index is 0.139. The predicted octanol–water partition coefficient (Wildman–Crippen LogP) is 4.49. The molecule has 1 aromatic carbocycles. The zero-order chi connectivity index (χ0) is 12.8. The average molecular weight is 254 g/mol. The Kier molecular flexibility index (Phi) is 5.49. The van der Waals surface area contributed by atoms with Gasteiger partial charge in [-0.25, -0.2) is 4.99 Å². The summed E-state index contributed by atoms with van der Waals surface area (Å²) in [4.78, 5) is 4.54. The molecule has 1 aliphatic heterocycles. The summed E-state index contributed by atoms with van der Waals surface area (Å²) in [5, 5.41) is 0.755. The van der Waals surface area contributed by atoms with Gasteiger partial charge in [0.05, 0.1) is 0 Å². The van der Waals surface area contributed by atoms with E-state index in [4.69, 9.17) is 16.3 Å². The Morgan fingerprint density at radius 1 is 1.24 bits per heavy atom. The van der Waals surface area contributed by atoms with Gasteiger partial charge >= 0.3 is 0 Å². The Hall–Kier alpha value is -1.02. The highest BCUT2D eigenvalue weighted by Gasteiger charge is 2.21. The number of rotatable bonds is 2. The van der Waals surface area contributed by atoms with E-state index >= 15 is 0 Å². The van der Waals surface area contributed by atoms with Gasteiger partial charge in [-0.05, 0) is 17.7 Å². The van der Waals surface area contributed by atoms with E-state index in [-0.39, 0.29) is 6.04 Å². The van der Waals surface area contributed by atoms with Crippen molar-refractivity contribution in [1.29, 1.82) is 0 Å². The summed E-state index contributed by atoms with van der Waals surface area (Å²) in [6.45, 7) is 8.82. The van der Waals surface area contributed by atoms with E-state index < -0.39 is 0 Å². The number of benzene rings is 1. The zero-order valence-corrected chi connectivity index (χ0v) is 11.7. The van der Waals surface area contributed by atoms with Gasteiger partial charge in [0.25, 0.3) is 0 Å². The Balaban J connectivity index is 0.000000686. The molecule has 1 aliphatic rings. The van der Waals surface area contributed by atoms with Gasteiger partial charge < -0.3 is 4.74 Å². The molecule has 1 atom stereocenters. The Bertz CT molecular complexity index is 370. The maximum atomic E-state index is 5.83. The fourth-order valence-electron chi connectivity index (χ4n) is 1.56. The molecular formula is C14H20ClNO. The first-order valence-corrected chi connectivity index (χ1v) is 6.50. The van der Waals surface area contributed by atoms with Crippen molar-refractivity contribution < 1.29 is 4.74 Å². The minimum Gasteiger partial charge on any atom is -0.478 e. The van der Waals surface area contributed by atoms with Crippen LogP contribution in [0.15, 0.2) is 29.3 Å². The van der Waals surface area contributed by atoms with Crippen LogP contribution in [0, 0.1) is 5.92 Å². The van der Waals surface area contributed by atoms with E-state index in [1.807, 2.05) is 38.1 Å². The Morgan fingerprint density at radius 2 is 1.82 bits per heavy atom. The highest BCUT2D eigenvalue weighted by molar-refractivity contribution is 6.30. The van der Waals surface area contributed by atoms with Crippen LogP contribution in [0.3, 0.4) is 0 Å². The second-order valence-corrected chi connectivity index (χ2v) is 4.44. The number of halogens is 1. The van der Waals surface area contributed by atoms with Crippen molar-refractivity contribution in [1.82, 2.24) is 0 Å². The van der Waals surface area contributed by atoms with Crippen molar-refractivity contribution >= 4 is 17.5 Å². The third kappa shape index (κ3) is 3.74. The van der Waals surface area contributed by atoms with Crippen LogP contribution in [0.2, 0.25) is 5.02 Å².